The van der Waals surface area contributed by atoms with E-state index < -0.39 is 15.4 Å². The van der Waals surface area contributed by atoms with Crippen molar-refractivity contribution in [2.45, 2.75) is 41.6 Å². The highest BCUT2D eigenvalue weighted by Gasteiger charge is 2.36. The number of nitrogens with zero attached hydrogens (tertiary/aromatic N) is 1. The Morgan fingerprint density at radius 3 is 2.48 bits per heavy atom. The molecule has 1 saturated carbocycles. The summed E-state index contributed by atoms with van der Waals surface area (Å²) in [5, 5.41) is 14.2. The van der Waals surface area contributed by atoms with E-state index in [2.05, 4.69) is 11.2 Å². The summed E-state index contributed by atoms with van der Waals surface area (Å²) in [6.07, 6.45) is 6.31. The lowest BCUT2D eigenvalue weighted by molar-refractivity contribution is -0.605. The van der Waals surface area contributed by atoms with Gasteiger partial charge in [0.05, 0.1) is 16.7 Å². The van der Waals surface area contributed by atoms with Crippen LogP contribution < -0.4 is 14.8 Å². The predicted molar refractivity (Wildman–Crippen MR) is 130 cm³/mol. The van der Waals surface area contributed by atoms with E-state index in [0.29, 0.717) is 31.4 Å². The summed E-state index contributed by atoms with van der Waals surface area (Å²) in [7, 11) is -2.89. The molecule has 2 aromatic carbocycles. The maximum atomic E-state index is 13.9. The van der Waals surface area contributed by atoms with Crippen molar-refractivity contribution in [3.8, 4) is 16.9 Å². The molecule has 6 nitrogen and oxygen atoms in total. The van der Waals surface area contributed by atoms with Crippen LogP contribution in [0.3, 0.4) is 0 Å². The van der Waals surface area contributed by atoms with Gasteiger partial charge in [0.15, 0.2) is 0 Å². The topological polar surface area (TPSA) is 82.3 Å². The molecular weight excluding hydrogens is 483 g/mol. The minimum atomic E-state index is -2.89. The first-order valence-corrected chi connectivity index (χ1v) is 12.9. The Hall–Kier alpha value is -2.74. The summed E-state index contributed by atoms with van der Waals surface area (Å²) in [6.45, 7) is 0. The Balaban J connectivity index is 1.65. The Morgan fingerprint density at radius 1 is 1.12 bits per heavy atom. The molecule has 9 heteroatoms. The van der Waals surface area contributed by atoms with E-state index in [0.717, 1.165) is 38.1 Å². The maximum absolute atomic E-state index is 13.9. The van der Waals surface area contributed by atoms with Crippen molar-refractivity contribution in [2.75, 3.05) is 5.32 Å². The fraction of sp³-hybridized carbons (Fsp3) is 0.208. The third kappa shape index (κ3) is 3.74. The van der Waals surface area contributed by atoms with Crippen molar-refractivity contribution in [3.05, 3.63) is 69.6 Å². The minimum absolute atomic E-state index is 0.00466. The molecule has 33 heavy (non-hydrogen) atoms. The van der Waals surface area contributed by atoms with Crippen molar-refractivity contribution in [1.82, 2.24) is 0 Å². The second-order valence-electron chi connectivity index (χ2n) is 8.15. The number of amides is 1. The average molecular weight is 503 g/mol. The fourth-order valence-corrected chi connectivity index (χ4v) is 7.07. The molecule has 1 N–H and O–H groups in total. The number of anilines is 1. The first-order chi connectivity index (χ1) is 15.8. The van der Waals surface area contributed by atoms with Crippen LogP contribution in [-0.4, -0.2) is 22.1 Å². The molecule has 1 atom stereocenters. The van der Waals surface area contributed by atoms with Crippen LogP contribution in [0.25, 0.3) is 11.1 Å². The molecule has 3 aromatic rings. The zero-order valence-corrected chi connectivity index (χ0v) is 19.8. The molecule has 1 amide bonds. The summed E-state index contributed by atoms with van der Waals surface area (Å²) in [6, 6.07) is 10.5. The van der Waals surface area contributed by atoms with Crippen molar-refractivity contribution in [1.29, 1.82) is 0 Å². The summed E-state index contributed by atoms with van der Waals surface area (Å²) in [4.78, 5) is 14.4. The highest BCUT2D eigenvalue weighted by molar-refractivity contribution is 8.01. The van der Waals surface area contributed by atoms with Crippen LogP contribution in [0.15, 0.2) is 58.6 Å². The molecule has 1 aliphatic carbocycles. The lowest BCUT2D eigenvalue weighted by atomic mass is 9.98. The van der Waals surface area contributed by atoms with Crippen LogP contribution in [0.2, 0.25) is 10.0 Å². The number of halogens is 2. The molecular formula is C24H20Cl2N2O4S. The number of hydrogen-bond acceptors (Lipinski definition) is 4. The molecule has 1 unspecified atom stereocenters. The van der Waals surface area contributed by atoms with Gasteiger partial charge in [-0.2, -0.15) is 4.73 Å². The van der Waals surface area contributed by atoms with E-state index in [9.17, 15) is 14.2 Å². The van der Waals surface area contributed by atoms with Gasteiger partial charge >= 0.3 is 0 Å². The second-order valence-corrected chi connectivity index (χ2v) is 11.2. The Morgan fingerprint density at radius 2 is 1.79 bits per heavy atom. The number of nitrogens with one attached hydrogen (secondary N) is 1. The number of rotatable bonds is 4. The van der Waals surface area contributed by atoms with Gasteiger partial charge < -0.3 is 15.3 Å². The summed E-state index contributed by atoms with van der Waals surface area (Å²) in [5.41, 5.74) is 1.62. The number of aromatic nitrogens is 1. The third-order valence-corrected chi connectivity index (χ3v) is 8.71. The van der Waals surface area contributed by atoms with Crippen molar-refractivity contribution in [2.24, 2.45) is 0 Å². The smallest absolute Gasteiger partial charge is 0.256 e. The Labute approximate surface area is 201 Å². The van der Waals surface area contributed by atoms with E-state index in [-0.39, 0.29) is 27.4 Å². The summed E-state index contributed by atoms with van der Waals surface area (Å²) in [5.74, 6) is 4.04. The van der Waals surface area contributed by atoms with Crippen LogP contribution in [-0.2, 0) is 9.52 Å². The summed E-state index contributed by atoms with van der Waals surface area (Å²) < 4.78 is 20.6. The molecule has 0 radical (unpaired) electrons. The normalized spacial score (nSPS) is 19.2. The van der Waals surface area contributed by atoms with E-state index in [1.165, 1.54) is 0 Å². The Bertz CT molecular complexity index is 1380. The third-order valence-electron chi connectivity index (χ3n) is 6.00. The lowest BCUT2D eigenvalue weighted by Crippen LogP contribution is -2.25. The van der Waals surface area contributed by atoms with Crippen molar-refractivity contribution in [3.63, 3.8) is 0 Å². The van der Waals surface area contributed by atoms with Crippen LogP contribution in [0.4, 0.5) is 5.69 Å². The molecule has 0 saturated heterocycles. The molecule has 1 aromatic heterocycles. The average Bonchev–Trinajstić information content (AvgIpc) is 3.36. The van der Waals surface area contributed by atoms with Crippen LogP contribution in [0.1, 0.15) is 36.0 Å². The second kappa shape index (κ2) is 8.24. The molecule has 2 heterocycles. The highest BCUT2D eigenvalue weighted by Crippen LogP contribution is 2.50. The zero-order valence-electron chi connectivity index (χ0n) is 17.5. The zero-order chi connectivity index (χ0) is 23.3. The summed E-state index contributed by atoms with van der Waals surface area (Å²) >= 11 is 12.3. The number of benzene rings is 2. The molecule has 2 aliphatic rings. The first kappa shape index (κ1) is 22.1. The number of pyridine rings is 1. The Kier molecular flexibility index (Phi) is 5.51. The molecule has 0 spiro atoms. The number of hydrogen-bond donors (Lipinski definition) is 1. The monoisotopic (exact) mass is 502 g/mol. The SMILES string of the molecule is C=S1(=O)c2ccccc2-c2c(C(=O)Nc3c(Cl)c[n+]([O-])cc3Cl)ccc(OC3CCCC3)c21. The standard InChI is InChI=1S/C24H20Cl2N2O4S/c1-33(31)20-9-5-4-8-15(20)21-16(10-11-19(23(21)33)32-14-6-2-3-7-14)24(29)27-22-17(25)12-28(30)13-18(22)26/h4-5,8-14H,1-3,6-7H2,(H,27,29). The van der Waals surface area contributed by atoms with E-state index in [1.807, 2.05) is 12.1 Å². The van der Waals surface area contributed by atoms with Crippen molar-refractivity contribution >= 4 is 50.2 Å². The van der Waals surface area contributed by atoms with Gasteiger partial charge in [0.1, 0.15) is 15.8 Å². The van der Waals surface area contributed by atoms with Gasteiger partial charge in [-0.3, -0.25) is 9.00 Å². The van der Waals surface area contributed by atoms with Gasteiger partial charge in [-0.25, -0.2) is 0 Å². The molecule has 5 rings (SSSR count). The maximum Gasteiger partial charge on any atom is 0.256 e. The fourth-order valence-electron chi connectivity index (χ4n) is 4.50. The highest BCUT2D eigenvalue weighted by atomic mass is 35.5. The minimum Gasteiger partial charge on any atom is -0.619 e. The largest absolute Gasteiger partial charge is 0.619 e. The van der Waals surface area contributed by atoms with Crippen LogP contribution in [0.5, 0.6) is 5.75 Å². The van der Waals surface area contributed by atoms with Crippen LogP contribution >= 0.6 is 23.2 Å². The quantitative estimate of drug-likeness (QED) is 0.232. The number of ether oxygens (including phenoxy) is 1. The van der Waals surface area contributed by atoms with Crippen molar-refractivity contribution < 1.29 is 18.5 Å². The van der Waals surface area contributed by atoms with E-state index in [4.69, 9.17) is 27.9 Å². The predicted octanol–water partition coefficient (Wildman–Crippen LogP) is 5.32. The van der Waals surface area contributed by atoms with E-state index in [1.54, 1.807) is 24.3 Å². The van der Waals surface area contributed by atoms with E-state index >= 15 is 0 Å². The van der Waals surface area contributed by atoms with Gasteiger partial charge in [-0.05, 0) is 55.3 Å². The van der Waals surface area contributed by atoms with Gasteiger partial charge in [0, 0.05) is 25.5 Å². The first-order valence-electron chi connectivity index (χ1n) is 10.5. The number of fused-ring (bicyclic) bond motifs is 3. The van der Waals surface area contributed by atoms with Gasteiger partial charge in [-0.1, -0.05) is 41.4 Å². The molecule has 1 fully saturated rings. The van der Waals surface area contributed by atoms with Gasteiger partial charge in [0.25, 0.3) is 5.91 Å². The van der Waals surface area contributed by atoms with Gasteiger partial charge in [0.2, 0.25) is 12.4 Å². The number of carbonyl (C=O) groups excluding carboxylic acids is 1. The van der Waals surface area contributed by atoms with Crippen LogP contribution in [0, 0.1) is 5.21 Å². The van der Waals surface area contributed by atoms with Gasteiger partial charge in [-0.15, -0.1) is 0 Å². The molecule has 0 bridgehead atoms. The molecule has 170 valence electrons. The number of carbonyl (C=O) groups is 1. The molecule has 1 aliphatic heterocycles. The lowest BCUT2D eigenvalue weighted by Gasteiger charge is -2.19.